The van der Waals surface area contributed by atoms with Crippen LogP contribution in [0.25, 0.3) is 0 Å². The fraction of sp³-hybridized carbons (Fsp3) is 0.429. The van der Waals surface area contributed by atoms with E-state index in [-0.39, 0.29) is 30.8 Å². The summed E-state index contributed by atoms with van der Waals surface area (Å²) in [5.41, 5.74) is 0.654. The zero-order chi connectivity index (χ0) is 15.0. The third-order valence-electron chi connectivity index (χ3n) is 2.58. The molecule has 0 radical (unpaired) electrons. The Morgan fingerprint density at radius 3 is 2.62 bits per heavy atom. The highest BCUT2D eigenvalue weighted by Crippen LogP contribution is 2.17. The molecule has 0 aliphatic carbocycles. The summed E-state index contributed by atoms with van der Waals surface area (Å²) < 4.78 is 5.38. The van der Waals surface area contributed by atoms with E-state index in [0.717, 1.165) is 0 Å². The predicted molar refractivity (Wildman–Crippen MR) is 85.1 cm³/mol. The Morgan fingerprint density at radius 2 is 2.00 bits per heavy atom. The van der Waals surface area contributed by atoms with Crippen molar-refractivity contribution in [2.45, 2.75) is 6.42 Å². The van der Waals surface area contributed by atoms with E-state index in [2.05, 4.69) is 10.6 Å². The second-order valence-electron chi connectivity index (χ2n) is 4.51. The number of halogens is 1. The van der Waals surface area contributed by atoms with Gasteiger partial charge in [0.1, 0.15) is 5.75 Å². The number of carbonyl (C=O) groups is 2. The number of anilines is 1. The third kappa shape index (κ3) is 7.53. The smallest absolute Gasteiger partial charge is 0.259 e. The highest BCUT2D eigenvalue weighted by atomic mass is 35.5. The Morgan fingerprint density at radius 1 is 1.29 bits per heavy atom. The number of hydrogen-bond acceptors (Lipinski definition) is 4. The van der Waals surface area contributed by atoms with E-state index in [0.29, 0.717) is 24.4 Å². The minimum Gasteiger partial charge on any atom is -0.484 e. The van der Waals surface area contributed by atoms with E-state index in [9.17, 15) is 9.59 Å². The molecule has 1 rings (SSSR count). The molecule has 0 unspecified atom stereocenters. The van der Waals surface area contributed by atoms with Crippen molar-refractivity contribution in [3.05, 3.63) is 24.3 Å². The van der Waals surface area contributed by atoms with Crippen LogP contribution in [0.4, 0.5) is 5.69 Å². The van der Waals surface area contributed by atoms with Crippen LogP contribution in [-0.2, 0) is 9.59 Å². The van der Waals surface area contributed by atoms with Crippen molar-refractivity contribution in [2.75, 3.05) is 39.6 Å². The summed E-state index contributed by atoms with van der Waals surface area (Å²) in [6.07, 6.45) is 0.403. The summed E-state index contributed by atoms with van der Waals surface area (Å²) in [5.74, 6) is 0.362. The van der Waals surface area contributed by atoms with E-state index >= 15 is 0 Å². The van der Waals surface area contributed by atoms with Gasteiger partial charge in [0.15, 0.2) is 6.61 Å². The van der Waals surface area contributed by atoms with Crippen LogP contribution in [0.5, 0.6) is 5.75 Å². The van der Waals surface area contributed by atoms with E-state index in [1.807, 2.05) is 0 Å². The van der Waals surface area contributed by atoms with Crippen molar-refractivity contribution in [1.29, 1.82) is 0 Å². The summed E-state index contributed by atoms with van der Waals surface area (Å²) in [5, 5.41) is 5.68. The molecule has 2 amide bonds. The Kier molecular flexibility index (Phi) is 9.16. The van der Waals surface area contributed by atoms with Crippen molar-refractivity contribution in [3.8, 4) is 5.75 Å². The molecule has 0 aliphatic heterocycles. The van der Waals surface area contributed by atoms with Crippen LogP contribution in [-0.4, -0.2) is 51.0 Å². The first-order valence-electron chi connectivity index (χ1n) is 6.40. The van der Waals surface area contributed by atoms with Gasteiger partial charge in [0.05, 0.1) is 0 Å². The van der Waals surface area contributed by atoms with Crippen LogP contribution < -0.4 is 15.4 Å². The molecule has 0 aliphatic rings. The number of nitrogens with zero attached hydrogens (tertiary/aromatic N) is 1. The van der Waals surface area contributed by atoms with Gasteiger partial charge in [-0.25, -0.2) is 0 Å². The molecule has 0 saturated carbocycles. The molecule has 0 aromatic heterocycles. The Balaban J connectivity index is 0.00000400. The zero-order valence-electron chi connectivity index (χ0n) is 12.5. The molecule has 0 heterocycles. The average Bonchev–Trinajstić information content (AvgIpc) is 2.42. The minimum atomic E-state index is -0.117. The number of carbonyl (C=O) groups excluding carboxylic acids is 2. The SMILES string of the molecule is CNCCC(=O)Nc1cccc(OCC(=O)N(C)C)c1.Cl. The van der Waals surface area contributed by atoms with Gasteiger partial charge < -0.3 is 20.3 Å². The first-order chi connectivity index (χ1) is 9.52. The van der Waals surface area contributed by atoms with Crippen molar-refractivity contribution >= 4 is 29.9 Å². The molecule has 6 nitrogen and oxygen atoms in total. The van der Waals surface area contributed by atoms with Crippen molar-refractivity contribution in [3.63, 3.8) is 0 Å². The van der Waals surface area contributed by atoms with Gasteiger partial charge in [-0.3, -0.25) is 9.59 Å². The number of hydrogen-bond donors (Lipinski definition) is 2. The molecule has 0 atom stereocenters. The van der Waals surface area contributed by atoms with Gasteiger partial charge in [-0.15, -0.1) is 12.4 Å². The van der Waals surface area contributed by atoms with E-state index in [1.54, 1.807) is 45.4 Å². The van der Waals surface area contributed by atoms with Gasteiger partial charge >= 0.3 is 0 Å². The normalized spacial score (nSPS) is 9.48. The summed E-state index contributed by atoms with van der Waals surface area (Å²) in [7, 11) is 5.14. The highest BCUT2D eigenvalue weighted by molar-refractivity contribution is 5.91. The first-order valence-corrected chi connectivity index (χ1v) is 6.40. The minimum absolute atomic E-state index is 0. The monoisotopic (exact) mass is 315 g/mol. The number of rotatable bonds is 7. The van der Waals surface area contributed by atoms with E-state index in [4.69, 9.17) is 4.74 Å². The maximum absolute atomic E-state index is 11.6. The number of benzene rings is 1. The standard InChI is InChI=1S/C14H21N3O3.ClH/c1-15-8-7-13(18)16-11-5-4-6-12(9-11)20-10-14(19)17(2)3;/h4-6,9,15H,7-8,10H2,1-3H3,(H,16,18);1H. The molecule has 2 N–H and O–H groups in total. The predicted octanol–water partition coefficient (Wildman–Crippen LogP) is 1.12. The molecule has 21 heavy (non-hydrogen) atoms. The second-order valence-corrected chi connectivity index (χ2v) is 4.51. The topological polar surface area (TPSA) is 70.7 Å². The molecule has 0 saturated heterocycles. The molecule has 0 fully saturated rings. The Bertz CT molecular complexity index is 467. The van der Waals surface area contributed by atoms with Crippen LogP contribution in [0.2, 0.25) is 0 Å². The fourth-order valence-corrected chi connectivity index (χ4v) is 1.40. The number of nitrogens with one attached hydrogen (secondary N) is 2. The molecule has 1 aromatic carbocycles. The van der Waals surface area contributed by atoms with Crippen molar-refractivity contribution in [2.24, 2.45) is 0 Å². The maximum Gasteiger partial charge on any atom is 0.259 e. The van der Waals surface area contributed by atoms with Crippen molar-refractivity contribution < 1.29 is 14.3 Å². The Labute approximate surface area is 131 Å². The molecule has 0 bridgehead atoms. The average molecular weight is 316 g/mol. The second kappa shape index (κ2) is 10.0. The lowest BCUT2D eigenvalue weighted by atomic mass is 10.3. The summed E-state index contributed by atoms with van der Waals surface area (Å²) in [4.78, 5) is 24.5. The molecular weight excluding hydrogens is 294 g/mol. The maximum atomic E-state index is 11.6. The Hall–Kier alpha value is -1.79. The van der Waals surface area contributed by atoms with Gasteiger partial charge in [0, 0.05) is 38.8 Å². The lowest BCUT2D eigenvalue weighted by Gasteiger charge is -2.12. The zero-order valence-corrected chi connectivity index (χ0v) is 13.3. The molecule has 118 valence electrons. The fourth-order valence-electron chi connectivity index (χ4n) is 1.40. The molecule has 7 heteroatoms. The largest absolute Gasteiger partial charge is 0.484 e. The summed E-state index contributed by atoms with van der Waals surface area (Å²) >= 11 is 0. The summed E-state index contributed by atoms with van der Waals surface area (Å²) in [6, 6.07) is 6.98. The van der Waals surface area contributed by atoms with Crippen LogP contribution in [0.3, 0.4) is 0 Å². The van der Waals surface area contributed by atoms with Crippen LogP contribution in [0.1, 0.15) is 6.42 Å². The lowest BCUT2D eigenvalue weighted by Crippen LogP contribution is -2.27. The van der Waals surface area contributed by atoms with Gasteiger partial charge in [-0.1, -0.05) is 6.07 Å². The summed E-state index contributed by atoms with van der Waals surface area (Å²) in [6.45, 7) is 0.601. The lowest BCUT2D eigenvalue weighted by molar-refractivity contribution is -0.130. The number of likely N-dealkylation sites (N-methyl/N-ethyl adjacent to an activating group) is 1. The van der Waals surface area contributed by atoms with Crippen LogP contribution in [0.15, 0.2) is 24.3 Å². The van der Waals surface area contributed by atoms with E-state index < -0.39 is 0 Å². The molecular formula is C14H22ClN3O3. The van der Waals surface area contributed by atoms with Crippen molar-refractivity contribution in [1.82, 2.24) is 10.2 Å². The molecule has 1 aromatic rings. The van der Waals surface area contributed by atoms with Crippen LogP contribution >= 0.6 is 12.4 Å². The molecule has 0 spiro atoms. The van der Waals surface area contributed by atoms with Gasteiger partial charge in [0.2, 0.25) is 5.91 Å². The number of ether oxygens (including phenoxy) is 1. The van der Waals surface area contributed by atoms with E-state index in [1.165, 1.54) is 4.90 Å². The first kappa shape index (κ1) is 19.2. The number of amides is 2. The van der Waals surface area contributed by atoms with Gasteiger partial charge in [-0.05, 0) is 19.2 Å². The van der Waals surface area contributed by atoms with Gasteiger partial charge in [0.25, 0.3) is 5.91 Å². The highest BCUT2D eigenvalue weighted by Gasteiger charge is 2.06. The third-order valence-corrected chi connectivity index (χ3v) is 2.58. The van der Waals surface area contributed by atoms with Gasteiger partial charge in [-0.2, -0.15) is 0 Å². The van der Waals surface area contributed by atoms with Crippen LogP contribution in [0, 0.1) is 0 Å². The quantitative estimate of drug-likeness (QED) is 0.791.